The highest BCUT2D eigenvalue weighted by Gasteiger charge is 2.16. The summed E-state index contributed by atoms with van der Waals surface area (Å²) in [4.78, 5) is 33.8. The Bertz CT molecular complexity index is 931. The van der Waals surface area contributed by atoms with Gasteiger partial charge in [0.25, 0.3) is 5.91 Å². The van der Waals surface area contributed by atoms with E-state index in [9.17, 15) is 9.59 Å². The van der Waals surface area contributed by atoms with Crippen LogP contribution in [0.3, 0.4) is 0 Å². The van der Waals surface area contributed by atoms with Gasteiger partial charge in [0.1, 0.15) is 5.01 Å². The van der Waals surface area contributed by atoms with Gasteiger partial charge in [-0.05, 0) is 36.1 Å². The summed E-state index contributed by atoms with van der Waals surface area (Å²) in [5.74, 6) is 0.0269. The maximum atomic E-state index is 12.7. The number of hydrogen-bond acceptors (Lipinski definition) is 5. The van der Waals surface area contributed by atoms with E-state index in [1.54, 1.807) is 41.7 Å². The van der Waals surface area contributed by atoms with Crippen molar-refractivity contribution in [3.8, 4) is 9.88 Å². The van der Waals surface area contributed by atoms with Crippen LogP contribution < -0.4 is 0 Å². The van der Waals surface area contributed by atoms with Gasteiger partial charge in [0.05, 0.1) is 17.0 Å². The highest BCUT2D eigenvalue weighted by Crippen LogP contribution is 2.28. The summed E-state index contributed by atoms with van der Waals surface area (Å²) >= 11 is 3.22. The van der Waals surface area contributed by atoms with Crippen molar-refractivity contribution in [1.82, 2.24) is 14.8 Å². The van der Waals surface area contributed by atoms with E-state index in [-0.39, 0.29) is 11.8 Å². The molecule has 0 saturated carbocycles. The average molecular weight is 414 g/mol. The molecule has 0 atom stereocenters. The lowest BCUT2D eigenvalue weighted by Crippen LogP contribution is -2.31. The fourth-order valence-corrected chi connectivity index (χ4v) is 4.41. The van der Waals surface area contributed by atoms with Gasteiger partial charge in [0.15, 0.2) is 0 Å². The first kappa shape index (κ1) is 20.2. The van der Waals surface area contributed by atoms with E-state index in [0.717, 1.165) is 21.1 Å². The number of rotatable bonds is 7. The van der Waals surface area contributed by atoms with E-state index >= 15 is 0 Å². The van der Waals surface area contributed by atoms with Crippen molar-refractivity contribution in [2.75, 3.05) is 20.6 Å². The summed E-state index contributed by atoms with van der Waals surface area (Å²) < 4.78 is 0. The van der Waals surface area contributed by atoms with Gasteiger partial charge < -0.3 is 9.80 Å². The van der Waals surface area contributed by atoms with Crippen LogP contribution in [-0.2, 0) is 17.8 Å². The lowest BCUT2D eigenvalue weighted by molar-refractivity contribution is -0.130. The lowest BCUT2D eigenvalue weighted by atomic mass is 10.1. The van der Waals surface area contributed by atoms with Crippen LogP contribution in [0.15, 0.2) is 47.2 Å². The molecule has 0 aliphatic heterocycles. The number of likely N-dealkylation sites (N-methyl/N-ethyl adjacent to an activating group) is 1. The minimum Gasteiger partial charge on any atom is -0.345 e. The van der Waals surface area contributed by atoms with Crippen molar-refractivity contribution >= 4 is 34.5 Å². The smallest absolute Gasteiger partial charge is 0.253 e. The predicted octanol–water partition coefficient (Wildman–Crippen LogP) is 4.16. The number of carbonyl (C=O) groups excluding carboxylic acids is 2. The molecule has 2 heterocycles. The fourth-order valence-electron chi connectivity index (χ4n) is 2.78. The lowest BCUT2D eigenvalue weighted by Gasteiger charge is -2.21. The second-order valence-electron chi connectivity index (χ2n) is 6.60. The molecule has 3 aromatic rings. The number of hydrogen-bond donors (Lipinski definition) is 0. The molecule has 2 aromatic heterocycles. The van der Waals surface area contributed by atoms with E-state index in [4.69, 9.17) is 0 Å². The number of thiophene rings is 1. The molecule has 0 saturated heterocycles. The standard InChI is InChI=1S/C21H23N3O2S2/c1-4-24(13-15-7-9-16(10-8-15)21(26)23(2)3)19(25)12-17-14-28-20(22-17)18-6-5-11-27-18/h5-11,14H,4,12-13H2,1-3H3. The van der Waals surface area contributed by atoms with Gasteiger partial charge in [-0.1, -0.05) is 18.2 Å². The maximum absolute atomic E-state index is 12.7. The molecule has 0 spiro atoms. The molecule has 0 N–H and O–H groups in total. The molecular weight excluding hydrogens is 390 g/mol. The number of thiazole rings is 1. The number of nitrogens with zero attached hydrogens (tertiary/aromatic N) is 3. The molecule has 3 rings (SSSR count). The van der Waals surface area contributed by atoms with Gasteiger partial charge in [0, 0.05) is 38.1 Å². The van der Waals surface area contributed by atoms with Crippen LogP contribution in [-0.4, -0.2) is 47.2 Å². The Labute approximate surface area is 173 Å². The first-order valence-electron chi connectivity index (χ1n) is 9.04. The molecular formula is C21H23N3O2S2. The molecule has 2 amide bonds. The Hall–Kier alpha value is -2.51. The number of benzene rings is 1. The van der Waals surface area contributed by atoms with Gasteiger partial charge in [0.2, 0.25) is 5.91 Å². The van der Waals surface area contributed by atoms with Crippen LogP contribution in [0.4, 0.5) is 0 Å². The molecule has 146 valence electrons. The quantitative estimate of drug-likeness (QED) is 0.584. The van der Waals surface area contributed by atoms with Crippen molar-refractivity contribution in [3.05, 3.63) is 64.0 Å². The molecule has 0 fully saturated rings. The highest BCUT2D eigenvalue weighted by atomic mass is 32.1. The first-order chi connectivity index (χ1) is 13.5. The second-order valence-corrected chi connectivity index (χ2v) is 8.41. The number of amides is 2. The Balaban J connectivity index is 1.63. The summed E-state index contributed by atoms with van der Waals surface area (Å²) in [6, 6.07) is 11.5. The fraction of sp³-hybridized carbons (Fsp3) is 0.286. The van der Waals surface area contributed by atoms with Gasteiger partial charge in [-0.15, -0.1) is 22.7 Å². The summed E-state index contributed by atoms with van der Waals surface area (Å²) in [6.07, 6.45) is 0.299. The predicted molar refractivity (Wildman–Crippen MR) is 115 cm³/mol. The number of carbonyl (C=O) groups is 2. The zero-order valence-electron chi connectivity index (χ0n) is 16.2. The van der Waals surface area contributed by atoms with Crippen LogP contribution in [0.2, 0.25) is 0 Å². The third kappa shape index (κ3) is 4.85. The number of aromatic nitrogens is 1. The second kappa shape index (κ2) is 9.12. The zero-order chi connectivity index (χ0) is 20.1. The third-order valence-corrected chi connectivity index (χ3v) is 6.26. The molecule has 7 heteroatoms. The Morgan fingerprint density at radius 3 is 2.43 bits per heavy atom. The SMILES string of the molecule is CCN(Cc1ccc(C(=O)N(C)C)cc1)C(=O)Cc1csc(-c2cccs2)n1. The van der Waals surface area contributed by atoms with Crippen LogP contribution >= 0.6 is 22.7 Å². The molecule has 28 heavy (non-hydrogen) atoms. The third-order valence-electron chi connectivity index (χ3n) is 4.33. The van der Waals surface area contributed by atoms with Crippen molar-refractivity contribution in [2.24, 2.45) is 0 Å². The summed E-state index contributed by atoms with van der Waals surface area (Å²) in [5.41, 5.74) is 2.46. The molecule has 0 bridgehead atoms. The summed E-state index contributed by atoms with van der Waals surface area (Å²) in [7, 11) is 3.46. The summed E-state index contributed by atoms with van der Waals surface area (Å²) in [6.45, 7) is 3.12. The molecule has 0 radical (unpaired) electrons. The van der Waals surface area contributed by atoms with Gasteiger partial charge in [-0.2, -0.15) is 0 Å². The maximum Gasteiger partial charge on any atom is 0.253 e. The van der Waals surface area contributed by atoms with E-state index < -0.39 is 0 Å². The Morgan fingerprint density at radius 2 is 1.82 bits per heavy atom. The van der Waals surface area contributed by atoms with Crippen molar-refractivity contribution in [1.29, 1.82) is 0 Å². The topological polar surface area (TPSA) is 53.5 Å². The van der Waals surface area contributed by atoms with Crippen molar-refractivity contribution in [3.63, 3.8) is 0 Å². The minimum atomic E-state index is -0.0277. The summed E-state index contributed by atoms with van der Waals surface area (Å²) in [5, 5.41) is 4.95. The zero-order valence-corrected chi connectivity index (χ0v) is 17.8. The van der Waals surface area contributed by atoms with Crippen molar-refractivity contribution < 1.29 is 9.59 Å². The average Bonchev–Trinajstić information content (AvgIpc) is 3.37. The van der Waals surface area contributed by atoms with Crippen molar-refractivity contribution in [2.45, 2.75) is 19.9 Å². The van der Waals surface area contributed by atoms with E-state index in [1.807, 2.05) is 59.0 Å². The van der Waals surface area contributed by atoms with E-state index in [1.165, 1.54) is 0 Å². The molecule has 0 aliphatic carbocycles. The first-order valence-corrected chi connectivity index (χ1v) is 10.8. The van der Waals surface area contributed by atoms with Crippen LogP contribution in [0.25, 0.3) is 9.88 Å². The molecule has 1 aromatic carbocycles. The normalized spacial score (nSPS) is 10.7. The van der Waals surface area contributed by atoms with E-state index in [0.29, 0.717) is 25.1 Å². The van der Waals surface area contributed by atoms with E-state index in [2.05, 4.69) is 4.98 Å². The Morgan fingerprint density at radius 1 is 1.07 bits per heavy atom. The van der Waals surface area contributed by atoms with Gasteiger partial charge in [-0.25, -0.2) is 4.98 Å². The monoisotopic (exact) mass is 413 g/mol. The minimum absolute atomic E-state index is 0.0277. The van der Waals surface area contributed by atoms with Crippen LogP contribution in [0.1, 0.15) is 28.5 Å². The molecule has 0 aliphatic rings. The van der Waals surface area contributed by atoms with Gasteiger partial charge >= 0.3 is 0 Å². The van der Waals surface area contributed by atoms with Gasteiger partial charge in [-0.3, -0.25) is 9.59 Å². The highest BCUT2D eigenvalue weighted by molar-refractivity contribution is 7.20. The largest absolute Gasteiger partial charge is 0.345 e. The molecule has 5 nitrogen and oxygen atoms in total. The van der Waals surface area contributed by atoms with Crippen LogP contribution in [0, 0.1) is 0 Å². The van der Waals surface area contributed by atoms with Crippen LogP contribution in [0.5, 0.6) is 0 Å². The Kier molecular flexibility index (Phi) is 6.59. The molecule has 0 unspecified atom stereocenters.